The van der Waals surface area contributed by atoms with Gasteiger partial charge in [-0.25, -0.2) is 0 Å². The van der Waals surface area contributed by atoms with Crippen molar-refractivity contribution in [3.05, 3.63) is 66.9 Å². The van der Waals surface area contributed by atoms with Gasteiger partial charge in [-0.05, 0) is 80.2 Å². The van der Waals surface area contributed by atoms with E-state index in [0.717, 1.165) is 52.6 Å². The Labute approximate surface area is 176 Å². The van der Waals surface area contributed by atoms with E-state index in [1.165, 1.54) is 0 Å². The number of benzene rings is 2. The van der Waals surface area contributed by atoms with Gasteiger partial charge in [-0.15, -0.1) is 10.2 Å². The average molecular weight is 402 g/mol. The molecule has 0 unspecified atom stereocenters. The Morgan fingerprint density at radius 1 is 0.867 bits per heavy atom. The first-order valence-corrected chi connectivity index (χ1v) is 10.0. The smallest absolute Gasteiger partial charge is 0.168 e. The first-order chi connectivity index (χ1) is 14.6. The zero-order valence-electron chi connectivity index (χ0n) is 17.6. The number of aromatic nitrogens is 3. The quantitative estimate of drug-likeness (QED) is 0.409. The lowest BCUT2D eigenvalue weighted by molar-refractivity contribution is 0.281. The minimum Gasteiger partial charge on any atom is -0.497 e. The summed E-state index contributed by atoms with van der Waals surface area (Å²) < 4.78 is 13.2. The predicted molar refractivity (Wildman–Crippen MR) is 119 cm³/mol. The summed E-state index contributed by atoms with van der Waals surface area (Å²) in [5.74, 6) is 2.50. The Kier molecular flexibility index (Phi) is 5.95. The molecule has 0 bridgehead atoms. The van der Waals surface area contributed by atoms with Crippen molar-refractivity contribution < 1.29 is 9.47 Å². The number of hydrogen-bond donors (Lipinski definition) is 0. The summed E-state index contributed by atoms with van der Waals surface area (Å²) in [6.45, 7) is 1.72. The SMILES string of the molecule is COc1cccc(-c2ccc3nnc(-c4ccc(OCCCN(C)C)cc4)n3c2)c1. The standard InChI is InChI=1S/C24H26N4O2/c1-27(2)14-5-15-30-21-11-8-18(9-12-21)24-26-25-23-13-10-20(17-28(23)24)19-6-4-7-22(16-19)29-3/h4,6-13,16-17H,5,14-15H2,1-3H3. The third-order valence-corrected chi connectivity index (χ3v) is 4.94. The molecule has 6 nitrogen and oxygen atoms in total. The first kappa shape index (κ1) is 19.9. The predicted octanol–water partition coefficient (Wildman–Crippen LogP) is 4.40. The number of fused-ring (bicyclic) bond motifs is 1. The molecule has 30 heavy (non-hydrogen) atoms. The number of ether oxygens (including phenoxy) is 2. The summed E-state index contributed by atoms with van der Waals surface area (Å²) in [7, 11) is 5.81. The van der Waals surface area contributed by atoms with E-state index in [-0.39, 0.29) is 0 Å². The molecule has 0 fully saturated rings. The summed E-state index contributed by atoms with van der Waals surface area (Å²) in [5.41, 5.74) is 3.95. The highest BCUT2D eigenvalue weighted by Gasteiger charge is 2.10. The van der Waals surface area contributed by atoms with Crippen LogP contribution in [0.2, 0.25) is 0 Å². The van der Waals surface area contributed by atoms with Crippen molar-refractivity contribution in [3.8, 4) is 34.0 Å². The average Bonchev–Trinajstić information content (AvgIpc) is 3.20. The largest absolute Gasteiger partial charge is 0.497 e. The molecule has 0 atom stereocenters. The van der Waals surface area contributed by atoms with Crippen LogP contribution in [0.25, 0.3) is 28.2 Å². The summed E-state index contributed by atoms with van der Waals surface area (Å²) >= 11 is 0. The Morgan fingerprint density at radius 3 is 2.43 bits per heavy atom. The fourth-order valence-corrected chi connectivity index (χ4v) is 3.33. The second-order valence-corrected chi connectivity index (χ2v) is 7.43. The van der Waals surface area contributed by atoms with Gasteiger partial charge >= 0.3 is 0 Å². The minimum atomic E-state index is 0.704. The molecule has 0 aliphatic heterocycles. The summed E-state index contributed by atoms with van der Waals surface area (Å²) in [4.78, 5) is 2.16. The van der Waals surface area contributed by atoms with Crippen molar-refractivity contribution in [1.29, 1.82) is 0 Å². The van der Waals surface area contributed by atoms with Crippen molar-refractivity contribution in [2.24, 2.45) is 0 Å². The van der Waals surface area contributed by atoms with Crippen LogP contribution < -0.4 is 9.47 Å². The van der Waals surface area contributed by atoms with Gasteiger partial charge in [0.1, 0.15) is 11.5 Å². The maximum atomic E-state index is 5.83. The van der Waals surface area contributed by atoms with Crippen LogP contribution in [0.3, 0.4) is 0 Å². The fraction of sp³-hybridized carbons (Fsp3) is 0.250. The van der Waals surface area contributed by atoms with Crippen LogP contribution in [-0.2, 0) is 0 Å². The molecule has 0 radical (unpaired) electrons. The zero-order chi connectivity index (χ0) is 20.9. The molecular formula is C24H26N4O2. The fourth-order valence-electron chi connectivity index (χ4n) is 3.33. The molecule has 2 aromatic carbocycles. The maximum Gasteiger partial charge on any atom is 0.168 e. The Morgan fingerprint density at radius 2 is 1.67 bits per heavy atom. The van der Waals surface area contributed by atoms with Gasteiger partial charge in [0.2, 0.25) is 0 Å². The normalized spacial score (nSPS) is 11.2. The van der Waals surface area contributed by atoms with E-state index in [2.05, 4.69) is 41.5 Å². The highest BCUT2D eigenvalue weighted by molar-refractivity contribution is 5.68. The molecule has 0 spiro atoms. The molecule has 0 saturated carbocycles. The number of rotatable bonds is 8. The molecule has 0 aliphatic carbocycles. The third-order valence-electron chi connectivity index (χ3n) is 4.94. The maximum absolute atomic E-state index is 5.83. The van der Waals surface area contributed by atoms with Gasteiger partial charge in [0.25, 0.3) is 0 Å². The van der Waals surface area contributed by atoms with Gasteiger partial charge in [-0.2, -0.15) is 0 Å². The lowest BCUT2D eigenvalue weighted by Gasteiger charge is -2.10. The van der Waals surface area contributed by atoms with Crippen LogP contribution >= 0.6 is 0 Å². The van der Waals surface area contributed by atoms with Crippen LogP contribution in [0.15, 0.2) is 66.9 Å². The van der Waals surface area contributed by atoms with E-state index in [0.29, 0.717) is 6.61 Å². The van der Waals surface area contributed by atoms with Crippen molar-refractivity contribution in [1.82, 2.24) is 19.5 Å². The summed E-state index contributed by atoms with van der Waals surface area (Å²) in [5, 5.41) is 8.72. The third kappa shape index (κ3) is 4.44. The lowest BCUT2D eigenvalue weighted by atomic mass is 10.1. The molecule has 2 aromatic heterocycles. The van der Waals surface area contributed by atoms with Crippen molar-refractivity contribution in [2.45, 2.75) is 6.42 Å². The van der Waals surface area contributed by atoms with Crippen molar-refractivity contribution >= 4 is 5.65 Å². The molecule has 0 saturated heterocycles. The second-order valence-electron chi connectivity index (χ2n) is 7.43. The molecule has 0 N–H and O–H groups in total. The van der Waals surface area contributed by atoms with Crippen LogP contribution in [-0.4, -0.2) is 53.9 Å². The highest BCUT2D eigenvalue weighted by atomic mass is 16.5. The van der Waals surface area contributed by atoms with E-state index >= 15 is 0 Å². The van der Waals surface area contributed by atoms with Crippen LogP contribution in [0, 0.1) is 0 Å². The van der Waals surface area contributed by atoms with E-state index < -0.39 is 0 Å². The van der Waals surface area contributed by atoms with Crippen LogP contribution in [0.1, 0.15) is 6.42 Å². The van der Waals surface area contributed by atoms with E-state index in [1.54, 1.807) is 7.11 Å². The summed E-state index contributed by atoms with van der Waals surface area (Å²) in [6.07, 6.45) is 3.06. The molecule has 2 heterocycles. The number of nitrogens with zero attached hydrogens (tertiary/aromatic N) is 4. The summed E-state index contributed by atoms with van der Waals surface area (Å²) in [6, 6.07) is 20.1. The molecule has 4 aromatic rings. The number of methoxy groups -OCH3 is 1. The molecular weight excluding hydrogens is 376 g/mol. The Balaban J connectivity index is 1.57. The molecule has 6 heteroatoms. The minimum absolute atomic E-state index is 0.704. The Hall–Kier alpha value is -3.38. The number of hydrogen-bond acceptors (Lipinski definition) is 5. The van der Waals surface area contributed by atoms with E-state index in [1.807, 2.05) is 59.0 Å². The second kappa shape index (κ2) is 8.97. The molecule has 4 rings (SSSR count). The van der Waals surface area contributed by atoms with Gasteiger partial charge in [0.15, 0.2) is 11.5 Å². The molecule has 0 amide bonds. The number of pyridine rings is 1. The Bertz CT molecular complexity index is 1120. The van der Waals surface area contributed by atoms with E-state index in [9.17, 15) is 0 Å². The molecule has 0 aliphatic rings. The lowest BCUT2D eigenvalue weighted by Crippen LogP contribution is -2.15. The zero-order valence-corrected chi connectivity index (χ0v) is 17.6. The van der Waals surface area contributed by atoms with Gasteiger partial charge in [0.05, 0.1) is 13.7 Å². The van der Waals surface area contributed by atoms with Crippen LogP contribution in [0.4, 0.5) is 0 Å². The molecule has 154 valence electrons. The van der Waals surface area contributed by atoms with Gasteiger partial charge < -0.3 is 14.4 Å². The topological polar surface area (TPSA) is 51.9 Å². The van der Waals surface area contributed by atoms with Gasteiger partial charge in [0, 0.05) is 18.3 Å². The van der Waals surface area contributed by atoms with Gasteiger partial charge in [-0.3, -0.25) is 4.40 Å². The van der Waals surface area contributed by atoms with Crippen LogP contribution in [0.5, 0.6) is 11.5 Å². The highest BCUT2D eigenvalue weighted by Crippen LogP contribution is 2.27. The monoisotopic (exact) mass is 402 g/mol. The van der Waals surface area contributed by atoms with E-state index in [4.69, 9.17) is 9.47 Å². The van der Waals surface area contributed by atoms with Crippen molar-refractivity contribution in [2.75, 3.05) is 34.4 Å². The first-order valence-electron chi connectivity index (χ1n) is 10.0. The van der Waals surface area contributed by atoms with Gasteiger partial charge in [-0.1, -0.05) is 12.1 Å². The van der Waals surface area contributed by atoms with Crippen molar-refractivity contribution in [3.63, 3.8) is 0 Å².